The predicted octanol–water partition coefficient (Wildman–Crippen LogP) is 2.77. The maximum Gasteiger partial charge on any atom is 0.108 e. The first-order valence-electron chi connectivity index (χ1n) is 6.83. The van der Waals surface area contributed by atoms with E-state index in [1.807, 2.05) is 12.4 Å². The fraction of sp³-hybridized carbons (Fsp3) is 0.786. The van der Waals surface area contributed by atoms with Crippen molar-refractivity contribution < 1.29 is 0 Å². The summed E-state index contributed by atoms with van der Waals surface area (Å²) >= 11 is 0. The van der Waals surface area contributed by atoms with Crippen LogP contribution in [0.15, 0.2) is 12.4 Å². The molecule has 0 radical (unpaired) electrons. The summed E-state index contributed by atoms with van der Waals surface area (Å²) in [6, 6.07) is 0.667. The van der Waals surface area contributed by atoms with Crippen molar-refractivity contribution in [2.75, 3.05) is 6.54 Å². The van der Waals surface area contributed by atoms with Gasteiger partial charge in [-0.15, -0.1) is 0 Å². The minimum Gasteiger partial charge on any atom is -0.338 e. The molecule has 1 aromatic heterocycles. The largest absolute Gasteiger partial charge is 0.338 e. The van der Waals surface area contributed by atoms with E-state index in [4.69, 9.17) is 0 Å². The molecule has 1 unspecified atom stereocenters. The molecule has 0 aliphatic rings. The van der Waals surface area contributed by atoms with Crippen LogP contribution in [0.5, 0.6) is 0 Å². The van der Waals surface area contributed by atoms with Crippen LogP contribution in [-0.2, 0) is 13.5 Å². The van der Waals surface area contributed by atoms with E-state index in [2.05, 4.69) is 42.7 Å². The van der Waals surface area contributed by atoms with Crippen molar-refractivity contribution >= 4 is 0 Å². The summed E-state index contributed by atoms with van der Waals surface area (Å²) in [7, 11) is 2.07. The average Bonchev–Trinajstić information content (AvgIpc) is 2.64. The normalized spacial score (nSPS) is 13.2. The number of aryl methyl sites for hydroxylation is 2. The Morgan fingerprint density at radius 1 is 1.41 bits per heavy atom. The number of nitrogens with zero attached hydrogens (tertiary/aromatic N) is 2. The molecule has 0 aromatic carbocycles. The predicted molar refractivity (Wildman–Crippen MR) is 73.1 cm³/mol. The van der Waals surface area contributed by atoms with Gasteiger partial charge < -0.3 is 9.88 Å². The van der Waals surface area contributed by atoms with E-state index in [1.54, 1.807) is 0 Å². The second kappa shape index (κ2) is 7.49. The SMILES string of the molecule is CCNC(CCCc1nccn1C)CC(C)C. The van der Waals surface area contributed by atoms with Gasteiger partial charge in [0.15, 0.2) is 0 Å². The number of imidazole rings is 1. The Morgan fingerprint density at radius 2 is 2.18 bits per heavy atom. The molecule has 3 heteroatoms. The number of aromatic nitrogens is 2. The van der Waals surface area contributed by atoms with Gasteiger partial charge in [-0.2, -0.15) is 0 Å². The zero-order valence-electron chi connectivity index (χ0n) is 11.7. The topological polar surface area (TPSA) is 29.9 Å². The molecule has 1 rings (SSSR count). The van der Waals surface area contributed by atoms with E-state index < -0.39 is 0 Å². The van der Waals surface area contributed by atoms with E-state index >= 15 is 0 Å². The smallest absolute Gasteiger partial charge is 0.108 e. The molecule has 1 aromatic rings. The zero-order chi connectivity index (χ0) is 12.7. The minimum atomic E-state index is 0.667. The molecule has 1 N–H and O–H groups in total. The summed E-state index contributed by atoms with van der Waals surface area (Å²) < 4.78 is 2.12. The molecule has 1 heterocycles. The minimum absolute atomic E-state index is 0.667. The first-order chi connectivity index (χ1) is 8.13. The second-order valence-corrected chi connectivity index (χ2v) is 5.23. The van der Waals surface area contributed by atoms with Crippen molar-refractivity contribution in [3.05, 3.63) is 18.2 Å². The summed E-state index contributed by atoms with van der Waals surface area (Å²) in [6.07, 6.45) is 8.72. The van der Waals surface area contributed by atoms with Crippen molar-refractivity contribution in [1.82, 2.24) is 14.9 Å². The first kappa shape index (κ1) is 14.2. The molecule has 0 amide bonds. The van der Waals surface area contributed by atoms with Crippen molar-refractivity contribution in [2.45, 2.75) is 52.5 Å². The molecule has 0 bridgehead atoms. The van der Waals surface area contributed by atoms with E-state index in [9.17, 15) is 0 Å². The average molecular weight is 237 g/mol. The Kier molecular flexibility index (Phi) is 6.27. The highest BCUT2D eigenvalue weighted by Crippen LogP contribution is 2.11. The van der Waals surface area contributed by atoms with Crippen LogP contribution in [0.2, 0.25) is 0 Å². The van der Waals surface area contributed by atoms with E-state index in [1.165, 1.54) is 25.1 Å². The first-order valence-corrected chi connectivity index (χ1v) is 6.83. The molecule has 0 spiro atoms. The lowest BCUT2D eigenvalue weighted by Gasteiger charge is -2.19. The van der Waals surface area contributed by atoms with Gasteiger partial charge in [0, 0.05) is 31.9 Å². The van der Waals surface area contributed by atoms with E-state index in [0.717, 1.165) is 18.9 Å². The number of nitrogens with one attached hydrogen (secondary N) is 1. The molecule has 0 saturated carbocycles. The molecule has 0 aliphatic heterocycles. The van der Waals surface area contributed by atoms with Crippen LogP contribution in [-0.4, -0.2) is 22.1 Å². The van der Waals surface area contributed by atoms with E-state index in [-0.39, 0.29) is 0 Å². The monoisotopic (exact) mass is 237 g/mol. The maximum absolute atomic E-state index is 4.36. The Balaban J connectivity index is 2.29. The lowest BCUT2D eigenvalue weighted by molar-refractivity contribution is 0.396. The van der Waals surface area contributed by atoms with Crippen LogP contribution in [0.4, 0.5) is 0 Å². The fourth-order valence-corrected chi connectivity index (χ4v) is 2.30. The lowest BCUT2D eigenvalue weighted by atomic mass is 9.99. The maximum atomic E-state index is 4.36. The molecule has 0 saturated heterocycles. The summed E-state index contributed by atoms with van der Waals surface area (Å²) in [5.74, 6) is 1.97. The number of hydrogen-bond donors (Lipinski definition) is 1. The van der Waals surface area contributed by atoms with Gasteiger partial charge in [0.05, 0.1) is 0 Å². The number of rotatable bonds is 8. The summed E-state index contributed by atoms with van der Waals surface area (Å²) in [5, 5.41) is 3.58. The van der Waals surface area contributed by atoms with Gasteiger partial charge in [-0.3, -0.25) is 0 Å². The third-order valence-corrected chi connectivity index (χ3v) is 3.12. The third kappa shape index (κ3) is 5.35. The highest BCUT2D eigenvalue weighted by molar-refractivity contribution is 4.91. The van der Waals surface area contributed by atoms with Gasteiger partial charge in [-0.25, -0.2) is 4.98 Å². The standard InChI is InChI=1S/C14H27N3/c1-5-15-13(11-12(2)3)7-6-8-14-16-9-10-17(14)4/h9-10,12-13,15H,5-8,11H2,1-4H3. The van der Waals surface area contributed by atoms with Gasteiger partial charge in [0.2, 0.25) is 0 Å². The van der Waals surface area contributed by atoms with E-state index in [0.29, 0.717) is 6.04 Å². The molecule has 0 aliphatic carbocycles. The molecule has 98 valence electrons. The lowest BCUT2D eigenvalue weighted by Crippen LogP contribution is -2.30. The molecule has 3 nitrogen and oxygen atoms in total. The van der Waals surface area contributed by atoms with Crippen LogP contribution < -0.4 is 5.32 Å². The highest BCUT2D eigenvalue weighted by atomic mass is 15.0. The van der Waals surface area contributed by atoms with Crippen LogP contribution in [0.3, 0.4) is 0 Å². The van der Waals surface area contributed by atoms with Crippen LogP contribution in [0, 0.1) is 5.92 Å². The Labute approximate surface area is 106 Å². The van der Waals surface area contributed by atoms with Gasteiger partial charge >= 0.3 is 0 Å². The van der Waals surface area contributed by atoms with Crippen molar-refractivity contribution in [2.24, 2.45) is 13.0 Å². The van der Waals surface area contributed by atoms with Gasteiger partial charge in [0.1, 0.15) is 5.82 Å². The Bertz CT molecular complexity index is 304. The highest BCUT2D eigenvalue weighted by Gasteiger charge is 2.09. The van der Waals surface area contributed by atoms with Crippen molar-refractivity contribution in [1.29, 1.82) is 0 Å². The zero-order valence-corrected chi connectivity index (χ0v) is 11.7. The number of hydrogen-bond acceptors (Lipinski definition) is 2. The summed E-state index contributed by atoms with van der Waals surface area (Å²) in [5.41, 5.74) is 0. The fourth-order valence-electron chi connectivity index (χ4n) is 2.30. The van der Waals surface area contributed by atoms with Crippen LogP contribution in [0.1, 0.15) is 45.9 Å². The van der Waals surface area contributed by atoms with Gasteiger partial charge in [-0.1, -0.05) is 20.8 Å². The van der Waals surface area contributed by atoms with Gasteiger partial charge in [0.25, 0.3) is 0 Å². The van der Waals surface area contributed by atoms with Crippen molar-refractivity contribution in [3.8, 4) is 0 Å². The molecule has 17 heavy (non-hydrogen) atoms. The second-order valence-electron chi connectivity index (χ2n) is 5.23. The van der Waals surface area contributed by atoms with Gasteiger partial charge in [-0.05, 0) is 31.7 Å². The summed E-state index contributed by atoms with van der Waals surface area (Å²) in [4.78, 5) is 4.36. The van der Waals surface area contributed by atoms with Crippen LogP contribution >= 0.6 is 0 Å². The quantitative estimate of drug-likeness (QED) is 0.753. The van der Waals surface area contributed by atoms with Crippen LogP contribution in [0.25, 0.3) is 0 Å². The Hall–Kier alpha value is -0.830. The molecular formula is C14H27N3. The molecule has 0 fully saturated rings. The summed E-state index contributed by atoms with van der Waals surface area (Å²) in [6.45, 7) is 7.85. The van der Waals surface area contributed by atoms with Crippen molar-refractivity contribution in [3.63, 3.8) is 0 Å². The Morgan fingerprint density at radius 3 is 2.71 bits per heavy atom. The third-order valence-electron chi connectivity index (χ3n) is 3.12. The molecular weight excluding hydrogens is 210 g/mol. The molecule has 1 atom stereocenters.